The molecule has 3 aromatic rings. The SMILES string of the molecule is COC(=O)c1c(=O)n2ccccc2c2ccc(F)cc12. The van der Waals surface area contributed by atoms with Crippen molar-refractivity contribution in [3.63, 3.8) is 0 Å². The molecular weight excluding hydrogens is 261 g/mol. The minimum absolute atomic E-state index is 0.161. The van der Waals surface area contributed by atoms with Crippen LogP contribution in [-0.4, -0.2) is 17.5 Å². The normalized spacial score (nSPS) is 10.9. The fourth-order valence-corrected chi connectivity index (χ4v) is 2.32. The minimum atomic E-state index is -0.774. The van der Waals surface area contributed by atoms with Gasteiger partial charge in [0.2, 0.25) is 0 Å². The molecule has 20 heavy (non-hydrogen) atoms. The third-order valence-corrected chi connectivity index (χ3v) is 3.21. The number of hydrogen-bond donors (Lipinski definition) is 0. The maximum atomic E-state index is 13.5. The molecule has 0 fully saturated rings. The van der Waals surface area contributed by atoms with Crippen LogP contribution in [0.5, 0.6) is 0 Å². The largest absolute Gasteiger partial charge is 0.465 e. The highest BCUT2D eigenvalue weighted by molar-refractivity contribution is 6.08. The summed E-state index contributed by atoms with van der Waals surface area (Å²) in [5.41, 5.74) is -0.0728. The maximum absolute atomic E-state index is 13.5. The zero-order valence-electron chi connectivity index (χ0n) is 10.6. The second-order valence-electron chi connectivity index (χ2n) is 4.32. The lowest BCUT2D eigenvalue weighted by atomic mass is 10.0. The number of fused-ring (bicyclic) bond motifs is 3. The Labute approximate surface area is 113 Å². The zero-order valence-corrected chi connectivity index (χ0v) is 10.6. The number of methoxy groups -OCH3 is 1. The van der Waals surface area contributed by atoms with E-state index >= 15 is 0 Å². The van der Waals surface area contributed by atoms with Gasteiger partial charge >= 0.3 is 5.97 Å². The predicted octanol–water partition coefficient (Wildman–Crippen LogP) is 2.38. The van der Waals surface area contributed by atoms with E-state index in [1.807, 2.05) is 0 Å². The van der Waals surface area contributed by atoms with Gasteiger partial charge in [0.05, 0.1) is 12.6 Å². The Bertz CT molecular complexity index is 899. The lowest BCUT2D eigenvalue weighted by Crippen LogP contribution is -2.23. The molecule has 0 bridgehead atoms. The summed E-state index contributed by atoms with van der Waals surface area (Å²) in [5.74, 6) is -1.29. The van der Waals surface area contributed by atoms with Crippen molar-refractivity contribution in [3.05, 3.63) is 64.3 Å². The molecule has 0 atom stereocenters. The highest BCUT2D eigenvalue weighted by Crippen LogP contribution is 2.22. The molecule has 2 heterocycles. The van der Waals surface area contributed by atoms with Gasteiger partial charge in [0, 0.05) is 17.0 Å². The predicted molar refractivity (Wildman–Crippen MR) is 72.5 cm³/mol. The highest BCUT2D eigenvalue weighted by Gasteiger charge is 2.19. The Balaban J connectivity index is 2.63. The molecule has 0 radical (unpaired) electrons. The Hall–Kier alpha value is -2.69. The second-order valence-corrected chi connectivity index (χ2v) is 4.32. The topological polar surface area (TPSA) is 47.8 Å². The molecule has 0 spiro atoms. The number of hydrogen-bond acceptors (Lipinski definition) is 3. The second kappa shape index (κ2) is 4.45. The molecule has 0 N–H and O–H groups in total. The van der Waals surface area contributed by atoms with Crippen molar-refractivity contribution < 1.29 is 13.9 Å². The van der Waals surface area contributed by atoms with E-state index in [2.05, 4.69) is 4.74 Å². The zero-order chi connectivity index (χ0) is 14.3. The Kier molecular flexibility index (Phi) is 2.75. The molecule has 1 aromatic carbocycles. The number of pyridine rings is 2. The first-order valence-electron chi connectivity index (χ1n) is 5.94. The lowest BCUT2D eigenvalue weighted by molar-refractivity contribution is 0.0601. The fourth-order valence-electron chi connectivity index (χ4n) is 2.32. The van der Waals surface area contributed by atoms with Crippen LogP contribution in [0.3, 0.4) is 0 Å². The van der Waals surface area contributed by atoms with Gasteiger partial charge in [-0.25, -0.2) is 9.18 Å². The summed E-state index contributed by atoms with van der Waals surface area (Å²) in [5, 5.41) is 0.875. The first-order chi connectivity index (χ1) is 9.63. The molecule has 0 aliphatic rings. The molecule has 0 amide bonds. The number of nitrogens with zero attached hydrogens (tertiary/aromatic N) is 1. The van der Waals surface area contributed by atoms with Crippen molar-refractivity contribution in [2.24, 2.45) is 0 Å². The van der Waals surface area contributed by atoms with Crippen molar-refractivity contribution >= 4 is 22.3 Å². The van der Waals surface area contributed by atoms with Crippen molar-refractivity contribution in [3.8, 4) is 0 Å². The van der Waals surface area contributed by atoms with Crippen molar-refractivity contribution in [1.82, 2.24) is 4.40 Å². The van der Waals surface area contributed by atoms with E-state index in [9.17, 15) is 14.0 Å². The van der Waals surface area contributed by atoms with Crippen LogP contribution < -0.4 is 5.56 Å². The molecule has 4 nitrogen and oxygen atoms in total. The number of halogens is 1. The molecular formula is C15H10FNO3. The molecule has 0 aliphatic carbocycles. The number of aromatic nitrogens is 1. The average molecular weight is 271 g/mol. The van der Waals surface area contributed by atoms with Gasteiger partial charge in [-0.15, -0.1) is 0 Å². The molecule has 100 valence electrons. The van der Waals surface area contributed by atoms with Crippen LogP contribution in [-0.2, 0) is 4.74 Å². The first-order valence-corrected chi connectivity index (χ1v) is 5.94. The van der Waals surface area contributed by atoms with Crippen molar-refractivity contribution in [2.75, 3.05) is 7.11 Å². The summed E-state index contributed by atoms with van der Waals surface area (Å²) in [6.07, 6.45) is 1.56. The van der Waals surface area contributed by atoms with Gasteiger partial charge < -0.3 is 4.74 Å². The van der Waals surface area contributed by atoms with E-state index in [4.69, 9.17) is 0 Å². The van der Waals surface area contributed by atoms with Crippen LogP contribution in [0.25, 0.3) is 16.3 Å². The number of carbonyl (C=O) groups is 1. The average Bonchev–Trinajstić information content (AvgIpc) is 2.47. The molecule has 0 saturated heterocycles. The Morgan fingerprint density at radius 3 is 2.75 bits per heavy atom. The smallest absolute Gasteiger partial charge is 0.344 e. The van der Waals surface area contributed by atoms with Gasteiger partial charge in [-0.1, -0.05) is 6.07 Å². The maximum Gasteiger partial charge on any atom is 0.344 e. The third kappa shape index (κ3) is 1.67. The van der Waals surface area contributed by atoms with E-state index in [0.29, 0.717) is 10.9 Å². The minimum Gasteiger partial charge on any atom is -0.465 e. The van der Waals surface area contributed by atoms with E-state index in [1.54, 1.807) is 30.5 Å². The van der Waals surface area contributed by atoms with Crippen LogP contribution in [0.4, 0.5) is 4.39 Å². The van der Waals surface area contributed by atoms with Gasteiger partial charge in [0.25, 0.3) is 5.56 Å². The van der Waals surface area contributed by atoms with Crippen LogP contribution in [0, 0.1) is 5.82 Å². The number of benzene rings is 1. The molecule has 3 rings (SSSR count). The summed E-state index contributed by atoms with van der Waals surface area (Å²) < 4.78 is 19.4. The summed E-state index contributed by atoms with van der Waals surface area (Å²) >= 11 is 0. The standard InChI is InChI=1S/C15H10FNO3/c1-20-15(19)13-11-8-9(16)5-6-10(11)12-4-2-3-7-17(12)14(13)18/h2-8H,1H3. The molecule has 5 heteroatoms. The monoisotopic (exact) mass is 271 g/mol. The number of rotatable bonds is 1. The Morgan fingerprint density at radius 2 is 2.00 bits per heavy atom. The molecule has 2 aromatic heterocycles. The van der Waals surface area contributed by atoms with Crippen molar-refractivity contribution in [2.45, 2.75) is 0 Å². The molecule has 0 unspecified atom stereocenters. The van der Waals surface area contributed by atoms with Crippen molar-refractivity contribution in [1.29, 1.82) is 0 Å². The molecule has 0 saturated carbocycles. The summed E-state index contributed by atoms with van der Waals surface area (Å²) in [6.45, 7) is 0. The summed E-state index contributed by atoms with van der Waals surface area (Å²) in [7, 11) is 1.19. The quantitative estimate of drug-likeness (QED) is 0.504. The number of carbonyl (C=O) groups excluding carboxylic acids is 1. The lowest BCUT2D eigenvalue weighted by Gasteiger charge is -2.09. The van der Waals surface area contributed by atoms with Gasteiger partial charge in [-0.2, -0.15) is 0 Å². The first kappa shape index (κ1) is 12.3. The fraction of sp³-hybridized carbons (Fsp3) is 0.0667. The number of esters is 1. The third-order valence-electron chi connectivity index (χ3n) is 3.21. The Morgan fingerprint density at radius 1 is 1.20 bits per heavy atom. The van der Waals surface area contributed by atoms with Crippen LogP contribution in [0.2, 0.25) is 0 Å². The molecule has 0 aliphatic heterocycles. The van der Waals surface area contributed by atoms with E-state index < -0.39 is 17.3 Å². The van der Waals surface area contributed by atoms with Gasteiger partial charge in [-0.05, 0) is 30.3 Å². The summed E-state index contributed by atoms with van der Waals surface area (Å²) in [6, 6.07) is 9.21. The van der Waals surface area contributed by atoms with Gasteiger partial charge in [0.1, 0.15) is 11.4 Å². The van der Waals surface area contributed by atoms with Gasteiger partial charge in [-0.3, -0.25) is 9.20 Å². The van der Waals surface area contributed by atoms with E-state index in [-0.39, 0.29) is 10.9 Å². The number of ether oxygens (including phenoxy) is 1. The van der Waals surface area contributed by atoms with E-state index in [1.165, 1.54) is 23.6 Å². The highest BCUT2D eigenvalue weighted by atomic mass is 19.1. The van der Waals surface area contributed by atoms with E-state index in [0.717, 1.165) is 0 Å². The van der Waals surface area contributed by atoms with Crippen LogP contribution >= 0.6 is 0 Å². The van der Waals surface area contributed by atoms with Crippen LogP contribution in [0.1, 0.15) is 10.4 Å². The van der Waals surface area contributed by atoms with Crippen LogP contribution in [0.15, 0.2) is 47.4 Å². The summed E-state index contributed by atoms with van der Waals surface area (Å²) in [4.78, 5) is 24.2. The van der Waals surface area contributed by atoms with Gasteiger partial charge in [0.15, 0.2) is 0 Å².